The van der Waals surface area contributed by atoms with Crippen molar-refractivity contribution >= 4 is 22.6 Å². The molecule has 1 aliphatic rings. The van der Waals surface area contributed by atoms with E-state index in [0.717, 1.165) is 33.5 Å². The van der Waals surface area contributed by atoms with Crippen LogP contribution in [0.4, 0.5) is 5.82 Å². The highest BCUT2D eigenvalue weighted by Gasteiger charge is 2.30. The fourth-order valence-electron chi connectivity index (χ4n) is 4.75. The Balaban J connectivity index is 1.30. The quantitative estimate of drug-likeness (QED) is 0.412. The molecule has 0 bridgehead atoms. The van der Waals surface area contributed by atoms with Gasteiger partial charge in [0, 0.05) is 46.9 Å². The number of H-pyrrole nitrogens is 1. The maximum absolute atomic E-state index is 13.2. The van der Waals surface area contributed by atoms with Gasteiger partial charge in [-0.3, -0.25) is 19.1 Å². The van der Waals surface area contributed by atoms with Gasteiger partial charge in [0.25, 0.3) is 5.56 Å². The zero-order chi connectivity index (χ0) is 23.8. The molecular weight excluding hydrogens is 428 g/mol. The lowest BCUT2D eigenvalue weighted by Crippen LogP contribution is -2.36. The summed E-state index contributed by atoms with van der Waals surface area (Å²) in [5, 5.41) is 7.15. The number of rotatable bonds is 6. The highest BCUT2D eigenvalue weighted by atomic mass is 16.2. The van der Waals surface area contributed by atoms with E-state index in [4.69, 9.17) is 0 Å². The van der Waals surface area contributed by atoms with E-state index in [2.05, 4.69) is 57.6 Å². The van der Waals surface area contributed by atoms with Crippen molar-refractivity contribution in [3.8, 4) is 0 Å². The largest absolute Gasteiger partial charge is 0.361 e. The number of anilines is 1. The molecule has 0 saturated heterocycles. The number of carbonyl (C=O) groups is 1. The zero-order valence-electron chi connectivity index (χ0n) is 19.6. The van der Waals surface area contributed by atoms with Crippen molar-refractivity contribution in [2.75, 3.05) is 5.32 Å². The summed E-state index contributed by atoms with van der Waals surface area (Å²) in [6.45, 7) is 6.90. The Morgan fingerprint density at radius 3 is 2.65 bits per heavy atom. The lowest BCUT2D eigenvalue weighted by molar-refractivity contribution is -0.124. The van der Waals surface area contributed by atoms with Crippen LogP contribution in [0.25, 0.3) is 10.9 Å². The Kier molecular flexibility index (Phi) is 5.65. The number of benzene rings is 1. The number of pyridine rings is 1. The van der Waals surface area contributed by atoms with Crippen LogP contribution < -0.4 is 16.2 Å². The molecule has 174 valence electrons. The molecule has 0 radical (unpaired) electrons. The number of aromatic amines is 1. The van der Waals surface area contributed by atoms with Crippen LogP contribution in [0.5, 0.6) is 0 Å². The highest BCUT2D eigenvalue weighted by molar-refractivity contribution is 5.82. The Morgan fingerprint density at radius 1 is 1.06 bits per heavy atom. The van der Waals surface area contributed by atoms with Crippen molar-refractivity contribution in [1.82, 2.24) is 24.8 Å². The van der Waals surface area contributed by atoms with E-state index in [0.29, 0.717) is 25.9 Å². The third-order valence-electron chi connectivity index (χ3n) is 6.25. The molecule has 0 saturated carbocycles. The maximum atomic E-state index is 13.2. The van der Waals surface area contributed by atoms with Gasteiger partial charge in [-0.1, -0.05) is 29.3 Å². The number of fused-ring (bicyclic) bond motifs is 2. The number of hydrogen-bond donors (Lipinski definition) is 3. The lowest BCUT2D eigenvalue weighted by atomic mass is 10.1. The normalized spacial score (nSPS) is 14.9. The van der Waals surface area contributed by atoms with E-state index >= 15 is 0 Å². The van der Waals surface area contributed by atoms with Gasteiger partial charge in [0.2, 0.25) is 5.91 Å². The Bertz CT molecular complexity index is 1430. The van der Waals surface area contributed by atoms with Gasteiger partial charge in [0.15, 0.2) is 5.82 Å². The van der Waals surface area contributed by atoms with Gasteiger partial charge >= 0.3 is 0 Å². The molecule has 3 N–H and O–H groups in total. The predicted molar refractivity (Wildman–Crippen MR) is 132 cm³/mol. The van der Waals surface area contributed by atoms with E-state index in [-0.39, 0.29) is 17.3 Å². The van der Waals surface area contributed by atoms with Crippen LogP contribution in [-0.2, 0) is 24.3 Å². The average Bonchev–Trinajstić information content (AvgIpc) is 3.40. The number of amides is 1. The van der Waals surface area contributed by atoms with Crippen molar-refractivity contribution in [1.29, 1.82) is 0 Å². The van der Waals surface area contributed by atoms with Gasteiger partial charge in [-0.05, 0) is 51.3 Å². The second kappa shape index (κ2) is 8.78. The minimum Gasteiger partial charge on any atom is -0.361 e. The highest BCUT2D eigenvalue weighted by Crippen LogP contribution is 2.24. The molecule has 8 nitrogen and oxygen atoms in total. The van der Waals surface area contributed by atoms with Crippen LogP contribution in [0, 0.1) is 20.8 Å². The van der Waals surface area contributed by atoms with Crippen LogP contribution in [0.15, 0.2) is 47.5 Å². The summed E-state index contributed by atoms with van der Waals surface area (Å²) in [4.78, 5) is 38.2. The minimum absolute atomic E-state index is 0.166. The first kappa shape index (κ1) is 21.9. The van der Waals surface area contributed by atoms with Crippen molar-refractivity contribution < 1.29 is 4.79 Å². The lowest BCUT2D eigenvalue weighted by Gasteiger charge is -2.16. The first-order valence-electron chi connectivity index (χ1n) is 11.5. The van der Waals surface area contributed by atoms with Crippen LogP contribution >= 0.6 is 0 Å². The molecule has 1 unspecified atom stereocenters. The topological polar surface area (TPSA) is 105 Å². The summed E-state index contributed by atoms with van der Waals surface area (Å²) in [5.41, 5.74) is 6.78. The van der Waals surface area contributed by atoms with Crippen molar-refractivity contribution in [3.05, 3.63) is 86.9 Å². The number of aryl methyl sites for hydroxylation is 4. The fraction of sp³-hybridized carbons (Fsp3) is 0.308. The second-order valence-corrected chi connectivity index (χ2v) is 9.10. The molecule has 3 aromatic heterocycles. The molecule has 1 aliphatic heterocycles. The van der Waals surface area contributed by atoms with Gasteiger partial charge in [0.05, 0.1) is 6.54 Å². The molecule has 1 aromatic carbocycles. The number of nitrogens with zero attached hydrogens (tertiary/aromatic N) is 3. The molecule has 1 atom stereocenters. The molecule has 0 fully saturated rings. The molecule has 1 amide bonds. The SMILES string of the molecule is Cc1cc(C)cc(CNc2ncc3n(c2=O)C(C(=O)NCc2cc4cnc(C)cc4[nH]2)CC3)c1. The molecule has 0 aliphatic carbocycles. The van der Waals surface area contributed by atoms with Crippen molar-refractivity contribution in [2.24, 2.45) is 0 Å². The molecule has 0 spiro atoms. The van der Waals surface area contributed by atoms with E-state index in [9.17, 15) is 9.59 Å². The molecular formula is C26H28N6O2. The van der Waals surface area contributed by atoms with Crippen LogP contribution in [0.3, 0.4) is 0 Å². The Morgan fingerprint density at radius 2 is 1.85 bits per heavy atom. The van der Waals surface area contributed by atoms with Crippen LogP contribution in [0.1, 0.15) is 46.2 Å². The first-order chi connectivity index (χ1) is 16.4. The van der Waals surface area contributed by atoms with E-state index in [1.807, 2.05) is 25.3 Å². The van der Waals surface area contributed by atoms with Gasteiger partial charge in [-0.25, -0.2) is 4.98 Å². The molecule has 4 aromatic rings. The van der Waals surface area contributed by atoms with Crippen molar-refractivity contribution in [2.45, 2.75) is 52.7 Å². The standard InChI is InChI=1S/C26H28N6O2/c1-15-6-16(2)8-18(7-15)11-28-24-26(34)32-21(14-29-24)4-5-23(32)25(33)30-13-20-10-19-12-27-17(3)9-22(19)31-20/h6-10,12,14,23,31H,4-5,11,13H2,1-3H3,(H,28,29)(H,30,33). The Hall–Kier alpha value is -3.94. The third kappa shape index (κ3) is 4.31. The summed E-state index contributed by atoms with van der Waals surface area (Å²) in [5.74, 6) is 0.0985. The number of aromatic nitrogens is 4. The van der Waals surface area contributed by atoms with Gasteiger partial charge in [-0.15, -0.1) is 0 Å². The monoisotopic (exact) mass is 456 g/mol. The van der Waals surface area contributed by atoms with Crippen molar-refractivity contribution in [3.63, 3.8) is 0 Å². The summed E-state index contributed by atoms with van der Waals surface area (Å²) in [6, 6.07) is 9.71. The van der Waals surface area contributed by atoms with Crippen LogP contribution in [-0.4, -0.2) is 25.4 Å². The fourth-order valence-corrected chi connectivity index (χ4v) is 4.75. The summed E-state index contributed by atoms with van der Waals surface area (Å²) >= 11 is 0. The molecule has 5 rings (SSSR count). The molecule has 8 heteroatoms. The third-order valence-corrected chi connectivity index (χ3v) is 6.25. The minimum atomic E-state index is -0.541. The summed E-state index contributed by atoms with van der Waals surface area (Å²) < 4.78 is 1.59. The van der Waals surface area contributed by atoms with E-state index < -0.39 is 6.04 Å². The molecule has 34 heavy (non-hydrogen) atoms. The zero-order valence-corrected chi connectivity index (χ0v) is 19.6. The van der Waals surface area contributed by atoms with Crippen LogP contribution in [0.2, 0.25) is 0 Å². The summed E-state index contributed by atoms with van der Waals surface area (Å²) in [6.07, 6.45) is 4.75. The second-order valence-electron chi connectivity index (χ2n) is 9.10. The average molecular weight is 457 g/mol. The number of hydrogen-bond acceptors (Lipinski definition) is 5. The predicted octanol–water partition coefficient (Wildman–Crippen LogP) is 3.46. The van der Waals surface area contributed by atoms with E-state index in [1.165, 1.54) is 11.1 Å². The number of carbonyl (C=O) groups excluding carboxylic acids is 1. The van der Waals surface area contributed by atoms with E-state index in [1.54, 1.807) is 10.8 Å². The smallest absolute Gasteiger partial charge is 0.294 e. The number of nitrogens with one attached hydrogen (secondary N) is 3. The first-order valence-corrected chi connectivity index (χ1v) is 11.5. The van der Waals surface area contributed by atoms with Gasteiger partial charge in [0.1, 0.15) is 6.04 Å². The van der Waals surface area contributed by atoms with Gasteiger partial charge < -0.3 is 15.6 Å². The maximum Gasteiger partial charge on any atom is 0.294 e. The van der Waals surface area contributed by atoms with Gasteiger partial charge in [-0.2, -0.15) is 0 Å². The molecule has 4 heterocycles. The summed E-state index contributed by atoms with van der Waals surface area (Å²) in [7, 11) is 0. The Labute approximate surface area is 197 Å².